The highest BCUT2D eigenvalue weighted by Gasteiger charge is 2.21. The predicted octanol–water partition coefficient (Wildman–Crippen LogP) is 13.6. The Hall–Kier alpha value is -1.93. The summed E-state index contributed by atoms with van der Waals surface area (Å²) in [4.78, 5) is 0. The lowest BCUT2D eigenvalue weighted by atomic mass is 9.79. The van der Waals surface area contributed by atoms with Crippen molar-refractivity contribution in [1.82, 2.24) is 5.32 Å². The van der Waals surface area contributed by atoms with Crippen molar-refractivity contribution < 1.29 is 0 Å². The van der Waals surface area contributed by atoms with Crippen molar-refractivity contribution >= 4 is 11.8 Å². The molecule has 1 unspecified atom stereocenters. The molecule has 3 aliphatic carbocycles. The monoisotopic (exact) mass is 644 g/mol. The first-order valence-electron chi connectivity index (χ1n) is 19.0. The van der Waals surface area contributed by atoms with Gasteiger partial charge in [0.25, 0.3) is 0 Å². The minimum Gasteiger partial charge on any atom is -0.385 e. The Kier molecular flexibility index (Phi) is 17.7. The number of nitrogens with one attached hydrogen (secondary N) is 1. The summed E-state index contributed by atoms with van der Waals surface area (Å²) < 4.78 is 0. The molecule has 3 rings (SSSR count). The fourth-order valence-corrected chi connectivity index (χ4v) is 8.12. The van der Waals surface area contributed by atoms with Gasteiger partial charge in [-0.05, 0) is 84.1 Å². The molecule has 1 nitrogen and oxygen atoms in total. The Balaban J connectivity index is 1.41. The molecule has 0 spiro atoms. The van der Waals surface area contributed by atoms with E-state index in [4.69, 9.17) is 0 Å². The van der Waals surface area contributed by atoms with Gasteiger partial charge in [0.2, 0.25) is 0 Å². The van der Waals surface area contributed by atoms with Crippen LogP contribution in [0.2, 0.25) is 0 Å². The van der Waals surface area contributed by atoms with Crippen LogP contribution < -0.4 is 5.32 Å². The van der Waals surface area contributed by atoms with Gasteiger partial charge in [-0.25, -0.2) is 0 Å². The van der Waals surface area contributed by atoms with Crippen LogP contribution in [0.3, 0.4) is 0 Å². The van der Waals surface area contributed by atoms with Crippen molar-refractivity contribution in [1.29, 1.82) is 0 Å². The quantitative estimate of drug-likeness (QED) is 0.118. The highest BCUT2D eigenvalue weighted by atomic mass is 32.2. The maximum Gasteiger partial charge on any atom is 0.0340 e. The second kappa shape index (κ2) is 21.1. The molecule has 0 aromatic carbocycles. The minimum absolute atomic E-state index is 0.170. The van der Waals surface area contributed by atoms with Crippen molar-refractivity contribution in [3.8, 4) is 0 Å². The molecule has 1 fully saturated rings. The van der Waals surface area contributed by atoms with Crippen LogP contribution in [0.4, 0.5) is 0 Å². The zero-order valence-electron chi connectivity index (χ0n) is 30.7. The summed E-state index contributed by atoms with van der Waals surface area (Å²) in [6, 6.07) is 0. The maximum absolute atomic E-state index is 3.59. The zero-order chi connectivity index (χ0) is 33.1. The predicted molar refractivity (Wildman–Crippen MR) is 209 cm³/mol. The van der Waals surface area contributed by atoms with Gasteiger partial charge < -0.3 is 5.32 Å². The van der Waals surface area contributed by atoms with Gasteiger partial charge in [0, 0.05) is 23.2 Å². The third kappa shape index (κ3) is 16.3. The van der Waals surface area contributed by atoms with E-state index in [1.165, 1.54) is 125 Å². The highest BCUT2D eigenvalue weighted by Crippen LogP contribution is 2.36. The summed E-state index contributed by atoms with van der Waals surface area (Å²) in [6.45, 7) is 15.5. The first-order valence-corrected chi connectivity index (χ1v) is 20.1. The lowest BCUT2D eigenvalue weighted by Gasteiger charge is -2.26. The van der Waals surface area contributed by atoms with Crippen molar-refractivity contribution in [2.24, 2.45) is 16.7 Å². The number of hydrogen-bond acceptors (Lipinski definition) is 2. The maximum atomic E-state index is 3.59. The Morgan fingerprint density at radius 2 is 1.48 bits per heavy atom. The van der Waals surface area contributed by atoms with Crippen LogP contribution in [0.15, 0.2) is 95.3 Å². The fraction of sp³-hybridized carbons (Fsp3) is 0.636. The van der Waals surface area contributed by atoms with Crippen LogP contribution in [-0.4, -0.2) is 17.5 Å². The normalized spacial score (nSPS) is 22.5. The highest BCUT2D eigenvalue weighted by molar-refractivity contribution is 8.00. The Labute approximate surface area is 290 Å². The van der Waals surface area contributed by atoms with Gasteiger partial charge in [-0.1, -0.05) is 167 Å². The fourth-order valence-electron chi connectivity index (χ4n) is 6.86. The van der Waals surface area contributed by atoms with E-state index < -0.39 is 0 Å². The second-order valence-corrected chi connectivity index (χ2v) is 17.2. The summed E-state index contributed by atoms with van der Waals surface area (Å²) in [5, 5.41) is 4.44. The molecule has 46 heavy (non-hydrogen) atoms. The molecular formula is C44H69NS. The molecule has 0 aliphatic heterocycles. The van der Waals surface area contributed by atoms with E-state index in [1.54, 1.807) is 0 Å². The van der Waals surface area contributed by atoms with E-state index in [0.717, 1.165) is 23.5 Å². The van der Waals surface area contributed by atoms with E-state index in [0.29, 0.717) is 5.41 Å². The van der Waals surface area contributed by atoms with E-state index in [-0.39, 0.29) is 5.41 Å². The lowest BCUT2D eigenvalue weighted by Crippen LogP contribution is -2.14. The molecule has 1 saturated carbocycles. The van der Waals surface area contributed by atoms with Crippen molar-refractivity contribution in [2.75, 3.05) is 12.3 Å². The third-order valence-electron chi connectivity index (χ3n) is 10.2. The van der Waals surface area contributed by atoms with Crippen LogP contribution in [0.1, 0.15) is 144 Å². The summed E-state index contributed by atoms with van der Waals surface area (Å²) in [5.41, 5.74) is 6.26. The summed E-state index contributed by atoms with van der Waals surface area (Å²) in [7, 11) is 0. The average Bonchev–Trinajstić information content (AvgIpc) is 3.26. The largest absolute Gasteiger partial charge is 0.385 e. The molecule has 1 N–H and O–H groups in total. The molecular weight excluding hydrogens is 575 g/mol. The minimum atomic E-state index is 0.170. The topological polar surface area (TPSA) is 12.0 Å². The summed E-state index contributed by atoms with van der Waals surface area (Å²) in [6.07, 6.45) is 48.7. The van der Waals surface area contributed by atoms with Gasteiger partial charge in [-0.2, -0.15) is 11.8 Å². The second-order valence-electron chi connectivity index (χ2n) is 16.0. The molecule has 0 aromatic heterocycles. The molecule has 0 radical (unpaired) electrons. The summed E-state index contributed by atoms with van der Waals surface area (Å²) >= 11 is 2.23. The molecule has 0 heterocycles. The Morgan fingerprint density at radius 3 is 2.24 bits per heavy atom. The molecule has 0 amide bonds. The number of hydrogen-bond donors (Lipinski definition) is 1. The number of thioether (sulfide) groups is 1. The van der Waals surface area contributed by atoms with Gasteiger partial charge in [0.05, 0.1) is 0 Å². The van der Waals surface area contributed by atoms with Crippen LogP contribution in [-0.2, 0) is 0 Å². The van der Waals surface area contributed by atoms with Crippen LogP contribution in [0.5, 0.6) is 0 Å². The van der Waals surface area contributed by atoms with Gasteiger partial charge in [0.1, 0.15) is 0 Å². The van der Waals surface area contributed by atoms with E-state index in [2.05, 4.69) is 132 Å². The standard InChI is InChI=1S/C44H69NS/c1-7-37(22-14-13-19-33-45-41-26-15-9-8-10-16-27-41)24-21-31-44(5,6)32-30-38-23-20-25-40(43(2,3)4)35-39(34-38)36-46-42-28-17-11-12-18-29-42/h8-10,15-16,20,23,25-27,34-35,37,42,45H,7,11-14,17-19,21-22,24,28-33,36H2,1-6H3/b9-8-,10-8?,15-9?,16-10-,23-20?,25-20?,26-15?,27-16?,38-23?,38-34?,39-34?,39-35+,40-25+,40-35?,41-26?,41-27?. The van der Waals surface area contributed by atoms with E-state index in [1.807, 2.05) is 0 Å². The smallest absolute Gasteiger partial charge is 0.0340 e. The lowest BCUT2D eigenvalue weighted by molar-refractivity contribution is 0.279. The summed E-state index contributed by atoms with van der Waals surface area (Å²) in [5.74, 6) is 2.04. The third-order valence-corrected chi connectivity index (χ3v) is 11.6. The number of rotatable bonds is 18. The van der Waals surface area contributed by atoms with Crippen molar-refractivity contribution in [3.05, 3.63) is 95.3 Å². The van der Waals surface area contributed by atoms with Gasteiger partial charge in [0.15, 0.2) is 0 Å². The SMILES string of the molecule is CCC(CCCCCNC1=C/C=C\C=C/C=C1)CCCC(C)(C)CCC1=C/C(CSC2CCCCCC2)=C\C(C(C)(C)C)=C/C=C1. The average molecular weight is 644 g/mol. The van der Waals surface area contributed by atoms with Gasteiger partial charge in [-0.3, -0.25) is 0 Å². The van der Waals surface area contributed by atoms with E-state index >= 15 is 0 Å². The molecule has 3 aliphatic rings. The first-order chi connectivity index (χ1) is 22.1. The molecule has 0 bridgehead atoms. The Bertz CT molecular complexity index is 1120. The van der Waals surface area contributed by atoms with Crippen molar-refractivity contribution in [3.63, 3.8) is 0 Å². The molecule has 1 atom stereocenters. The van der Waals surface area contributed by atoms with Crippen molar-refractivity contribution in [2.45, 2.75) is 150 Å². The molecule has 2 heteroatoms. The zero-order valence-corrected chi connectivity index (χ0v) is 31.5. The molecule has 0 aromatic rings. The van der Waals surface area contributed by atoms with Crippen LogP contribution in [0, 0.1) is 16.7 Å². The van der Waals surface area contributed by atoms with Gasteiger partial charge >= 0.3 is 0 Å². The Morgan fingerprint density at radius 1 is 0.739 bits per heavy atom. The van der Waals surface area contributed by atoms with Crippen LogP contribution >= 0.6 is 11.8 Å². The molecule has 0 saturated heterocycles. The van der Waals surface area contributed by atoms with Gasteiger partial charge in [-0.15, -0.1) is 0 Å². The first kappa shape index (κ1) is 38.5. The number of allylic oxidation sites excluding steroid dienone is 14. The molecule has 256 valence electrons. The number of unbranched alkanes of at least 4 members (excludes halogenated alkanes) is 2. The van der Waals surface area contributed by atoms with E-state index in [9.17, 15) is 0 Å². The van der Waals surface area contributed by atoms with Crippen LogP contribution in [0.25, 0.3) is 0 Å².